The molecule has 2 rings (SSSR count). The molecule has 21 heavy (non-hydrogen) atoms. The van der Waals surface area contributed by atoms with Crippen molar-refractivity contribution < 1.29 is 9.59 Å². The molecule has 0 saturated heterocycles. The lowest BCUT2D eigenvalue weighted by Gasteiger charge is -2.01. The smallest absolute Gasteiger partial charge is 0.247 e. The molecule has 0 unspecified atom stereocenters. The molecule has 0 aliphatic carbocycles. The number of anilines is 1. The number of hydrogen-bond acceptors (Lipinski definition) is 7. The van der Waals surface area contributed by atoms with E-state index in [1.165, 1.54) is 16.0 Å². The third-order valence-corrected chi connectivity index (χ3v) is 3.28. The molecule has 0 fully saturated rings. The van der Waals surface area contributed by atoms with Crippen LogP contribution < -0.4 is 16.4 Å². The summed E-state index contributed by atoms with van der Waals surface area (Å²) in [6.07, 6.45) is 1.59. The van der Waals surface area contributed by atoms with E-state index in [2.05, 4.69) is 25.9 Å². The standard InChI is InChI=1S/C11H15N7O2S/c1-7-6-21-11(14-7)15-10(20)5-18-4-8(16-17-18)3-13-9(19)2-12/h4,6H,2-3,5,12H2,1H3,(H,13,19)(H,14,15,20). The van der Waals surface area contributed by atoms with Gasteiger partial charge in [-0.3, -0.25) is 9.59 Å². The van der Waals surface area contributed by atoms with E-state index in [1.54, 1.807) is 6.20 Å². The zero-order valence-electron chi connectivity index (χ0n) is 11.4. The normalized spacial score (nSPS) is 10.4. The highest BCUT2D eigenvalue weighted by Gasteiger charge is 2.09. The van der Waals surface area contributed by atoms with E-state index in [1.807, 2.05) is 12.3 Å². The summed E-state index contributed by atoms with van der Waals surface area (Å²) in [7, 11) is 0. The number of amides is 2. The van der Waals surface area contributed by atoms with Gasteiger partial charge in [0.25, 0.3) is 0 Å². The van der Waals surface area contributed by atoms with Crippen LogP contribution in [0.5, 0.6) is 0 Å². The van der Waals surface area contributed by atoms with Crippen LogP contribution in [0.1, 0.15) is 11.4 Å². The van der Waals surface area contributed by atoms with Crippen molar-refractivity contribution in [2.45, 2.75) is 20.0 Å². The molecule has 0 spiro atoms. The van der Waals surface area contributed by atoms with E-state index in [-0.39, 0.29) is 31.4 Å². The van der Waals surface area contributed by atoms with Crippen molar-refractivity contribution >= 4 is 28.3 Å². The van der Waals surface area contributed by atoms with Crippen LogP contribution in [0.15, 0.2) is 11.6 Å². The molecule has 0 saturated carbocycles. The number of nitrogens with one attached hydrogen (secondary N) is 2. The quantitative estimate of drug-likeness (QED) is 0.644. The van der Waals surface area contributed by atoms with Gasteiger partial charge < -0.3 is 16.4 Å². The fourth-order valence-corrected chi connectivity index (χ4v) is 2.18. The second kappa shape index (κ2) is 6.90. The van der Waals surface area contributed by atoms with Crippen LogP contribution in [-0.4, -0.2) is 38.3 Å². The predicted octanol–water partition coefficient (Wildman–Crippen LogP) is -0.743. The van der Waals surface area contributed by atoms with Gasteiger partial charge in [-0.2, -0.15) is 0 Å². The van der Waals surface area contributed by atoms with Gasteiger partial charge in [-0.1, -0.05) is 5.21 Å². The Morgan fingerprint density at radius 1 is 1.43 bits per heavy atom. The summed E-state index contributed by atoms with van der Waals surface area (Å²) in [6.45, 7) is 2.02. The number of hydrogen-bond donors (Lipinski definition) is 3. The second-order valence-electron chi connectivity index (χ2n) is 4.23. The minimum Gasteiger partial charge on any atom is -0.349 e. The first kappa shape index (κ1) is 15.1. The zero-order chi connectivity index (χ0) is 15.2. The van der Waals surface area contributed by atoms with Crippen molar-refractivity contribution in [3.8, 4) is 0 Å². The Kier molecular flexibility index (Phi) is 4.95. The molecule has 2 aromatic heterocycles. The van der Waals surface area contributed by atoms with Crippen molar-refractivity contribution in [3.05, 3.63) is 23.0 Å². The summed E-state index contributed by atoms with van der Waals surface area (Å²) < 4.78 is 1.39. The lowest BCUT2D eigenvalue weighted by atomic mass is 10.4. The minimum absolute atomic E-state index is 0.0243. The number of thiazole rings is 1. The van der Waals surface area contributed by atoms with Crippen molar-refractivity contribution in [1.82, 2.24) is 25.3 Å². The average Bonchev–Trinajstić information content (AvgIpc) is 3.05. The van der Waals surface area contributed by atoms with Crippen LogP contribution in [0.4, 0.5) is 5.13 Å². The average molecular weight is 309 g/mol. The number of carbonyl (C=O) groups is 2. The molecule has 0 aliphatic heterocycles. The van der Waals surface area contributed by atoms with Crippen molar-refractivity contribution in [3.63, 3.8) is 0 Å². The van der Waals surface area contributed by atoms with Crippen molar-refractivity contribution in [1.29, 1.82) is 0 Å². The van der Waals surface area contributed by atoms with E-state index in [9.17, 15) is 9.59 Å². The molecule has 0 aliphatic rings. The Labute approximate surface area is 124 Å². The topological polar surface area (TPSA) is 128 Å². The zero-order valence-corrected chi connectivity index (χ0v) is 12.2. The monoisotopic (exact) mass is 309 g/mol. The Hall–Kier alpha value is -2.33. The van der Waals surface area contributed by atoms with Crippen molar-refractivity contribution in [2.75, 3.05) is 11.9 Å². The molecular weight excluding hydrogens is 294 g/mol. The molecule has 4 N–H and O–H groups in total. The van der Waals surface area contributed by atoms with E-state index in [0.29, 0.717) is 10.8 Å². The largest absolute Gasteiger partial charge is 0.349 e. The maximum Gasteiger partial charge on any atom is 0.247 e. The molecule has 10 heteroatoms. The summed E-state index contributed by atoms with van der Waals surface area (Å²) >= 11 is 1.36. The number of nitrogens with zero attached hydrogens (tertiary/aromatic N) is 4. The van der Waals surface area contributed by atoms with Gasteiger partial charge in [-0.25, -0.2) is 9.67 Å². The number of aryl methyl sites for hydroxylation is 1. The van der Waals surface area contributed by atoms with E-state index in [4.69, 9.17) is 5.73 Å². The molecule has 0 atom stereocenters. The molecular formula is C11H15N7O2S. The summed E-state index contributed by atoms with van der Waals surface area (Å²) in [5, 5.41) is 15.3. The fourth-order valence-electron chi connectivity index (χ4n) is 1.48. The molecule has 112 valence electrons. The Morgan fingerprint density at radius 3 is 2.90 bits per heavy atom. The molecule has 0 radical (unpaired) electrons. The Morgan fingerprint density at radius 2 is 2.24 bits per heavy atom. The first-order valence-electron chi connectivity index (χ1n) is 6.14. The van der Waals surface area contributed by atoms with Crippen molar-refractivity contribution in [2.24, 2.45) is 5.73 Å². The SMILES string of the molecule is Cc1csc(NC(=O)Cn2cc(CNC(=O)CN)nn2)n1. The maximum absolute atomic E-state index is 11.8. The number of nitrogens with two attached hydrogens (primary N) is 1. The number of aromatic nitrogens is 4. The van der Waals surface area contributed by atoms with Crippen LogP contribution in [0.25, 0.3) is 0 Å². The second-order valence-corrected chi connectivity index (χ2v) is 5.09. The van der Waals surface area contributed by atoms with Crippen LogP contribution in [0.2, 0.25) is 0 Å². The Balaban J connectivity index is 1.84. The summed E-state index contributed by atoms with van der Waals surface area (Å²) in [6, 6.07) is 0. The lowest BCUT2D eigenvalue weighted by molar-refractivity contribution is -0.120. The molecule has 2 heterocycles. The minimum atomic E-state index is -0.276. The van der Waals surface area contributed by atoms with Crippen LogP contribution in [0, 0.1) is 6.92 Å². The van der Waals surface area contributed by atoms with Crippen LogP contribution in [0.3, 0.4) is 0 Å². The van der Waals surface area contributed by atoms with E-state index in [0.717, 1.165) is 5.69 Å². The highest BCUT2D eigenvalue weighted by Crippen LogP contribution is 2.14. The summed E-state index contributed by atoms with van der Waals surface area (Å²) in [5.41, 5.74) is 6.58. The molecule has 0 bridgehead atoms. The first-order valence-corrected chi connectivity index (χ1v) is 7.02. The maximum atomic E-state index is 11.8. The lowest BCUT2D eigenvalue weighted by Crippen LogP contribution is -2.29. The number of rotatable bonds is 6. The fraction of sp³-hybridized carbons (Fsp3) is 0.364. The third-order valence-electron chi connectivity index (χ3n) is 2.41. The van der Waals surface area contributed by atoms with Gasteiger partial charge >= 0.3 is 0 Å². The Bertz CT molecular complexity index is 636. The number of carbonyl (C=O) groups excluding carboxylic acids is 2. The van der Waals surface area contributed by atoms with Gasteiger partial charge in [0.15, 0.2) is 5.13 Å². The van der Waals surface area contributed by atoms with Gasteiger partial charge in [0.05, 0.1) is 25.0 Å². The third kappa shape index (κ3) is 4.61. The van der Waals surface area contributed by atoms with Crippen LogP contribution in [-0.2, 0) is 22.7 Å². The highest BCUT2D eigenvalue weighted by molar-refractivity contribution is 7.13. The summed E-state index contributed by atoms with van der Waals surface area (Å²) in [5.74, 6) is -0.520. The molecule has 2 aromatic rings. The molecule has 2 amide bonds. The first-order chi connectivity index (χ1) is 10.1. The van der Waals surface area contributed by atoms with E-state index >= 15 is 0 Å². The van der Waals surface area contributed by atoms with Gasteiger partial charge in [0.2, 0.25) is 11.8 Å². The summed E-state index contributed by atoms with van der Waals surface area (Å²) in [4.78, 5) is 26.9. The predicted molar refractivity (Wildman–Crippen MR) is 76.4 cm³/mol. The van der Waals surface area contributed by atoms with Gasteiger partial charge in [0, 0.05) is 5.38 Å². The van der Waals surface area contributed by atoms with Gasteiger partial charge in [-0.15, -0.1) is 16.4 Å². The molecule has 0 aromatic carbocycles. The molecule has 9 nitrogen and oxygen atoms in total. The van der Waals surface area contributed by atoms with Gasteiger partial charge in [0.1, 0.15) is 12.2 Å². The van der Waals surface area contributed by atoms with E-state index < -0.39 is 0 Å². The highest BCUT2D eigenvalue weighted by atomic mass is 32.1. The van der Waals surface area contributed by atoms with Crippen LogP contribution >= 0.6 is 11.3 Å². The van der Waals surface area contributed by atoms with Gasteiger partial charge in [-0.05, 0) is 6.92 Å².